The van der Waals surface area contributed by atoms with Crippen LogP contribution in [0.3, 0.4) is 0 Å². The van der Waals surface area contributed by atoms with Crippen LogP contribution in [-0.4, -0.2) is 57.2 Å². The van der Waals surface area contributed by atoms with Crippen molar-refractivity contribution in [1.82, 2.24) is 10.2 Å². The number of rotatable bonds is 8. The maximum Gasteiger partial charge on any atom is 0.255 e. The maximum atomic E-state index is 13.2. The standard InChI is InChI=1S/C23H26Cl2N2O4/c1-30-10-4-9-26-22(28)20-14-27(23(29)18-8-7-16(24)12-21(18)25)13-19(20)15-5-3-6-17(11-15)31-2/h3,5-8,11-12,19-20H,4,9-10,13-14H2,1-2H3,(H,26,28). The van der Waals surface area contributed by atoms with E-state index in [1.54, 1.807) is 37.3 Å². The van der Waals surface area contributed by atoms with Crippen molar-refractivity contribution in [3.8, 4) is 5.75 Å². The summed E-state index contributed by atoms with van der Waals surface area (Å²) in [5.74, 6) is -0.134. The smallest absolute Gasteiger partial charge is 0.255 e. The molecule has 0 radical (unpaired) electrons. The summed E-state index contributed by atoms with van der Waals surface area (Å²) in [6.07, 6.45) is 0.724. The summed E-state index contributed by atoms with van der Waals surface area (Å²) >= 11 is 12.2. The van der Waals surface area contributed by atoms with Crippen molar-refractivity contribution in [3.05, 3.63) is 63.6 Å². The van der Waals surface area contributed by atoms with Gasteiger partial charge in [-0.05, 0) is 42.3 Å². The molecular weight excluding hydrogens is 439 g/mol. The molecule has 2 aromatic carbocycles. The van der Waals surface area contributed by atoms with E-state index < -0.39 is 0 Å². The predicted octanol–water partition coefficient (Wildman–Crippen LogP) is 4.01. The van der Waals surface area contributed by atoms with Gasteiger partial charge in [0, 0.05) is 44.3 Å². The van der Waals surface area contributed by atoms with Crippen LogP contribution >= 0.6 is 23.2 Å². The van der Waals surface area contributed by atoms with Crippen molar-refractivity contribution in [2.75, 3.05) is 40.5 Å². The molecule has 2 amide bonds. The number of halogens is 2. The Kier molecular flexibility index (Phi) is 8.18. The number of hydrogen-bond donors (Lipinski definition) is 1. The molecule has 1 saturated heterocycles. The molecule has 0 bridgehead atoms. The molecule has 0 spiro atoms. The molecule has 2 unspecified atom stereocenters. The molecule has 2 atom stereocenters. The lowest BCUT2D eigenvalue weighted by molar-refractivity contribution is -0.124. The molecule has 0 saturated carbocycles. The topological polar surface area (TPSA) is 67.9 Å². The van der Waals surface area contributed by atoms with Crippen molar-refractivity contribution in [1.29, 1.82) is 0 Å². The van der Waals surface area contributed by atoms with E-state index in [4.69, 9.17) is 32.7 Å². The van der Waals surface area contributed by atoms with Crippen LogP contribution in [0, 0.1) is 5.92 Å². The molecule has 1 aliphatic rings. The summed E-state index contributed by atoms with van der Waals surface area (Å²) in [6, 6.07) is 12.4. The van der Waals surface area contributed by atoms with Gasteiger partial charge in [-0.2, -0.15) is 0 Å². The normalized spacial score (nSPS) is 18.1. The Hall–Kier alpha value is -2.28. The molecule has 6 nitrogen and oxygen atoms in total. The van der Waals surface area contributed by atoms with Crippen molar-refractivity contribution in [2.24, 2.45) is 5.92 Å². The van der Waals surface area contributed by atoms with Gasteiger partial charge in [-0.3, -0.25) is 9.59 Å². The van der Waals surface area contributed by atoms with E-state index in [1.165, 1.54) is 0 Å². The minimum atomic E-state index is -0.385. The van der Waals surface area contributed by atoms with E-state index in [0.29, 0.717) is 47.6 Å². The van der Waals surface area contributed by atoms with Crippen LogP contribution < -0.4 is 10.1 Å². The number of carbonyl (C=O) groups excluding carboxylic acids is 2. The highest BCUT2D eigenvalue weighted by Gasteiger charge is 2.41. The fourth-order valence-corrected chi connectivity index (χ4v) is 4.33. The lowest BCUT2D eigenvalue weighted by atomic mass is 9.88. The van der Waals surface area contributed by atoms with E-state index in [1.807, 2.05) is 24.3 Å². The first-order valence-corrected chi connectivity index (χ1v) is 10.8. The Balaban J connectivity index is 1.83. The van der Waals surface area contributed by atoms with Crippen molar-refractivity contribution >= 4 is 35.0 Å². The second kappa shape index (κ2) is 10.8. The molecule has 1 aliphatic heterocycles. The molecule has 3 rings (SSSR count). The number of amides is 2. The van der Waals surface area contributed by atoms with Gasteiger partial charge < -0.3 is 19.7 Å². The summed E-state index contributed by atoms with van der Waals surface area (Å²) in [4.78, 5) is 27.8. The van der Waals surface area contributed by atoms with Crippen LogP contribution in [0.15, 0.2) is 42.5 Å². The van der Waals surface area contributed by atoms with Crippen molar-refractivity contribution < 1.29 is 19.1 Å². The number of methoxy groups -OCH3 is 2. The average molecular weight is 465 g/mol. The highest BCUT2D eigenvalue weighted by Crippen LogP contribution is 2.36. The lowest BCUT2D eigenvalue weighted by Crippen LogP contribution is -2.36. The number of carbonyl (C=O) groups is 2. The summed E-state index contributed by atoms with van der Waals surface area (Å²) in [5.41, 5.74) is 1.32. The second-order valence-corrected chi connectivity index (χ2v) is 8.30. The molecule has 166 valence electrons. The summed E-state index contributed by atoms with van der Waals surface area (Å²) < 4.78 is 10.4. The highest BCUT2D eigenvalue weighted by atomic mass is 35.5. The Morgan fingerprint density at radius 2 is 1.94 bits per heavy atom. The van der Waals surface area contributed by atoms with Gasteiger partial charge in [-0.1, -0.05) is 35.3 Å². The van der Waals surface area contributed by atoms with Gasteiger partial charge in [-0.25, -0.2) is 0 Å². The molecule has 0 aromatic heterocycles. The first kappa shape index (κ1) is 23.4. The molecule has 1 N–H and O–H groups in total. The zero-order valence-electron chi connectivity index (χ0n) is 17.6. The highest BCUT2D eigenvalue weighted by molar-refractivity contribution is 6.36. The largest absolute Gasteiger partial charge is 0.497 e. The van der Waals surface area contributed by atoms with Crippen LogP contribution in [0.4, 0.5) is 0 Å². The van der Waals surface area contributed by atoms with E-state index in [-0.39, 0.29) is 23.7 Å². The third kappa shape index (κ3) is 5.70. The second-order valence-electron chi connectivity index (χ2n) is 7.46. The Labute approximate surface area is 192 Å². The van der Waals surface area contributed by atoms with Crippen molar-refractivity contribution in [3.63, 3.8) is 0 Å². The fourth-order valence-electron chi connectivity index (χ4n) is 3.84. The third-order valence-electron chi connectivity index (χ3n) is 5.45. The van der Waals surface area contributed by atoms with E-state index in [2.05, 4.69) is 5.32 Å². The molecule has 0 aliphatic carbocycles. The van der Waals surface area contributed by atoms with Crippen LogP contribution in [0.25, 0.3) is 0 Å². The Bertz CT molecular complexity index is 938. The number of likely N-dealkylation sites (tertiary alicyclic amines) is 1. The molecule has 8 heteroatoms. The molecule has 2 aromatic rings. The van der Waals surface area contributed by atoms with Crippen LogP contribution in [0.2, 0.25) is 10.0 Å². The van der Waals surface area contributed by atoms with Gasteiger partial charge in [-0.15, -0.1) is 0 Å². The summed E-state index contributed by atoms with van der Waals surface area (Å²) in [6.45, 7) is 1.80. The van der Waals surface area contributed by atoms with Gasteiger partial charge in [0.1, 0.15) is 5.75 Å². The van der Waals surface area contributed by atoms with Crippen molar-refractivity contribution in [2.45, 2.75) is 12.3 Å². The molecule has 31 heavy (non-hydrogen) atoms. The summed E-state index contributed by atoms with van der Waals surface area (Å²) in [5, 5.41) is 3.73. The SMILES string of the molecule is COCCCNC(=O)C1CN(C(=O)c2ccc(Cl)cc2Cl)CC1c1cccc(OC)c1. The predicted molar refractivity (Wildman–Crippen MR) is 121 cm³/mol. The first-order chi connectivity index (χ1) is 14.9. The molecule has 1 heterocycles. The first-order valence-electron chi connectivity index (χ1n) is 10.1. The Morgan fingerprint density at radius 1 is 1.13 bits per heavy atom. The molecule has 1 fully saturated rings. The third-order valence-corrected chi connectivity index (χ3v) is 6.00. The minimum absolute atomic E-state index is 0.0820. The van der Waals surface area contributed by atoms with Gasteiger partial charge >= 0.3 is 0 Å². The zero-order valence-corrected chi connectivity index (χ0v) is 19.1. The van der Waals surface area contributed by atoms with E-state index in [9.17, 15) is 9.59 Å². The Morgan fingerprint density at radius 3 is 2.65 bits per heavy atom. The number of ether oxygens (including phenoxy) is 2. The number of nitrogens with one attached hydrogen (secondary N) is 1. The fraction of sp³-hybridized carbons (Fsp3) is 0.391. The van der Waals surface area contributed by atoms with E-state index >= 15 is 0 Å². The van der Waals surface area contributed by atoms with Gasteiger partial charge in [0.25, 0.3) is 5.91 Å². The monoisotopic (exact) mass is 464 g/mol. The minimum Gasteiger partial charge on any atom is -0.497 e. The van der Waals surface area contributed by atoms with Crippen LogP contribution in [0.5, 0.6) is 5.75 Å². The number of benzene rings is 2. The maximum absolute atomic E-state index is 13.2. The average Bonchev–Trinajstić information content (AvgIpc) is 3.22. The van der Waals surface area contributed by atoms with Crippen LogP contribution in [-0.2, 0) is 9.53 Å². The molecular formula is C23H26Cl2N2O4. The van der Waals surface area contributed by atoms with Gasteiger partial charge in [0.05, 0.1) is 23.6 Å². The van der Waals surface area contributed by atoms with Crippen LogP contribution in [0.1, 0.15) is 28.3 Å². The lowest BCUT2D eigenvalue weighted by Gasteiger charge is -2.18. The van der Waals surface area contributed by atoms with Gasteiger partial charge in [0.15, 0.2) is 0 Å². The quantitative estimate of drug-likeness (QED) is 0.599. The van der Waals surface area contributed by atoms with E-state index in [0.717, 1.165) is 12.0 Å². The van der Waals surface area contributed by atoms with Gasteiger partial charge in [0.2, 0.25) is 5.91 Å². The number of hydrogen-bond acceptors (Lipinski definition) is 4. The summed E-state index contributed by atoms with van der Waals surface area (Å²) in [7, 11) is 3.23. The number of nitrogens with zero attached hydrogens (tertiary/aromatic N) is 1. The zero-order chi connectivity index (χ0) is 22.4.